The quantitative estimate of drug-likeness (QED) is 0.688. The number of rotatable bonds is 3. The Labute approximate surface area is 115 Å². The zero-order chi connectivity index (χ0) is 13.5. The summed E-state index contributed by atoms with van der Waals surface area (Å²) in [4.78, 5) is 14.6. The van der Waals surface area contributed by atoms with E-state index in [1.165, 1.54) is 11.3 Å². The van der Waals surface area contributed by atoms with Crippen LogP contribution in [0.25, 0.3) is 0 Å². The van der Waals surface area contributed by atoms with Crippen LogP contribution in [-0.4, -0.2) is 17.1 Å². The maximum absolute atomic E-state index is 12.4. The molecule has 2 aromatic rings. The molecule has 1 saturated heterocycles. The van der Waals surface area contributed by atoms with E-state index in [9.17, 15) is 9.90 Å². The zero-order valence-electron chi connectivity index (χ0n) is 10.2. The van der Waals surface area contributed by atoms with Crippen LogP contribution in [0, 0.1) is 0 Å². The van der Waals surface area contributed by atoms with Crippen LogP contribution in [0.4, 0.5) is 5.69 Å². The maximum atomic E-state index is 12.4. The summed E-state index contributed by atoms with van der Waals surface area (Å²) in [5.74, 6) is -0.300. The molecule has 0 saturated carbocycles. The second kappa shape index (κ2) is 4.33. The summed E-state index contributed by atoms with van der Waals surface area (Å²) in [6, 6.07) is 12.5. The summed E-state index contributed by atoms with van der Waals surface area (Å²) in [6.45, 7) is 3.75. The van der Waals surface area contributed by atoms with Gasteiger partial charge in [-0.1, -0.05) is 30.3 Å². The topological polar surface area (TPSA) is 40.5 Å². The smallest absolute Gasteiger partial charge is 0.267 e. The Bertz CT molecular complexity index is 608. The van der Waals surface area contributed by atoms with Crippen LogP contribution in [0.2, 0.25) is 0 Å². The van der Waals surface area contributed by atoms with Gasteiger partial charge < -0.3 is 5.11 Å². The Balaban J connectivity index is 2.01. The number of thiophene rings is 1. The average Bonchev–Trinajstić information content (AvgIpc) is 2.98. The van der Waals surface area contributed by atoms with Gasteiger partial charge in [0, 0.05) is 10.6 Å². The first-order valence-corrected chi connectivity index (χ1v) is 6.85. The van der Waals surface area contributed by atoms with E-state index < -0.39 is 11.6 Å². The van der Waals surface area contributed by atoms with E-state index in [1.54, 1.807) is 17.0 Å². The predicted octanol–water partition coefficient (Wildman–Crippen LogP) is 2.54. The van der Waals surface area contributed by atoms with Crippen LogP contribution >= 0.6 is 11.3 Å². The number of benzene rings is 1. The second-order valence-electron chi connectivity index (χ2n) is 4.43. The summed E-state index contributed by atoms with van der Waals surface area (Å²) in [5, 5.41) is 12.5. The summed E-state index contributed by atoms with van der Waals surface area (Å²) in [5.41, 5.74) is -0.690. The molecule has 1 amide bonds. The van der Waals surface area contributed by atoms with Gasteiger partial charge in [-0.25, -0.2) is 0 Å². The van der Waals surface area contributed by atoms with E-state index in [0.717, 1.165) is 5.69 Å². The molecule has 19 heavy (non-hydrogen) atoms. The van der Waals surface area contributed by atoms with Crippen LogP contribution in [0.3, 0.4) is 0 Å². The molecule has 1 fully saturated rings. The zero-order valence-corrected chi connectivity index (χ0v) is 11.0. The number of aliphatic hydroxyl groups is 1. The summed E-state index contributed by atoms with van der Waals surface area (Å²) in [6.07, 6.45) is 1.62. The minimum Gasteiger partial charge on any atom is -0.373 e. The predicted molar refractivity (Wildman–Crippen MR) is 76.1 cm³/mol. The number of amides is 1. The Hall–Kier alpha value is -1.91. The summed E-state index contributed by atoms with van der Waals surface area (Å²) < 4.78 is 0. The molecule has 3 rings (SSSR count). The third kappa shape index (κ3) is 1.57. The van der Waals surface area contributed by atoms with Crippen molar-refractivity contribution in [2.45, 2.75) is 11.6 Å². The molecule has 1 N–H and O–H groups in total. The molecule has 2 heterocycles. The number of β-lactam (4-membered cyclic amide) rings is 1. The molecule has 0 aliphatic carbocycles. The first-order valence-electron chi connectivity index (χ1n) is 5.97. The van der Waals surface area contributed by atoms with Crippen molar-refractivity contribution in [1.29, 1.82) is 0 Å². The third-order valence-electron chi connectivity index (χ3n) is 3.41. The van der Waals surface area contributed by atoms with E-state index in [1.807, 2.05) is 41.8 Å². The highest BCUT2D eigenvalue weighted by Crippen LogP contribution is 2.44. The van der Waals surface area contributed by atoms with Crippen molar-refractivity contribution in [3.05, 3.63) is 65.4 Å². The lowest BCUT2D eigenvalue weighted by atomic mass is 9.80. The first-order chi connectivity index (χ1) is 9.19. The van der Waals surface area contributed by atoms with Crippen molar-refractivity contribution in [2.75, 3.05) is 4.90 Å². The summed E-state index contributed by atoms with van der Waals surface area (Å²) >= 11 is 1.38. The minimum absolute atomic E-state index is 0.300. The Morgan fingerprint density at radius 1 is 1.26 bits per heavy atom. The van der Waals surface area contributed by atoms with Gasteiger partial charge in [0.15, 0.2) is 0 Å². The lowest BCUT2D eigenvalue weighted by Crippen LogP contribution is -2.71. The molecule has 0 spiro atoms. The van der Waals surface area contributed by atoms with Gasteiger partial charge in [-0.05, 0) is 23.6 Å². The van der Waals surface area contributed by atoms with Crippen molar-refractivity contribution in [3.8, 4) is 0 Å². The van der Waals surface area contributed by atoms with Crippen LogP contribution in [0.1, 0.15) is 4.88 Å². The van der Waals surface area contributed by atoms with Gasteiger partial charge in [-0.3, -0.25) is 9.69 Å². The number of carbonyl (C=O) groups excluding carboxylic acids is 1. The largest absolute Gasteiger partial charge is 0.373 e. The van der Waals surface area contributed by atoms with E-state index in [-0.39, 0.29) is 5.91 Å². The molecular formula is C15H13NO2S. The van der Waals surface area contributed by atoms with Gasteiger partial charge in [0.05, 0.1) is 6.04 Å². The Morgan fingerprint density at radius 3 is 2.58 bits per heavy atom. The lowest BCUT2D eigenvalue weighted by molar-refractivity contribution is -0.151. The first kappa shape index (κ1) is 12.1. The maximum Gasteiger partial charge on any atom is 0.267 e. The fourth-order valence-electron chi connectivity index (χ4n) is 2.45. The van der Waals surface area contributed by atoms with Crippen LogP contribution in [0.5, 0.6) is 0 Å². The molecule has 2 atom stereocenters. The van der Waals surface area contributed by atoms with Crippen LogP contribution in [0.15, 0.2) is 60.5 Å². The monoisotopic (exact) mass is 271 g/mol. The number of nitrogens with zero attached hydrogens (tertiary/aromatic N) is 1. The highest BCUT2D eigenvalue weighted by Gasteiger charge is 2.60. The van der Waals surface area contributed by atoms with Crippen LogP contribution < -0.4 is 4.90 Å². The average molecular weight is 271 g/mol. The lowest BCUT2D eigenvalue weighted by Gasteiger charge is -2.51. The van der Waals surface area contributed by atoms with Gasteiger partial charge in [0.1, 0.15) is 0 Å². The van der Waals surface area contributed by atoms with Crippen molar-refractivity contribution in [1.82, 2.24) is 0 Å². The normalized spacial score (nSPS) is 26.1. The molecule has 1 aliphatic rings. The molecule has 1 aromatic carbocycles. The van der Waals surface area contributed by atoms with Gasteiger partial charge in [-0.15, -0.1) is 17.9 Å². The van der Waals surface area contributed by atoms with Crippen LogP contribution in [-0.2, 0) is 10.4 Å². The van der Waals surface area contributed by atoms with Crippen molar-refractivity contribution < 1.29 is 9.90 Å². The minimum atomic E-state index is -1.47. The van der Waals surface area contributed by atoms with Gasteiger partial charge >= 0.3 is 0 Å². The number of carbonyl (C=O) groups is 1. The molecule has 0 bridgehead atoms. The van der Waals surface area contributed by atoms with E-state index >= 15 is 0 Å². The van der Waals surface area contributed by atoms with E-state index in [2.05, 4.69) is 6.58 Å². The molecule has 0 radical (unpaired) electrons. The fraction of sp³-hybridized carbons (Fsp3) is 0.133. The molecule has 4 heteroatoms. The molecule has 1 aromatic heterocycles. The molecule has 2 unspecified atom stereocenters. The van der Waals surface area contributed by atoms with Crippen molar-refractivity contribution >= 4 is 22.9 Å². The molecular weight excluding hydrogens is 258 g/mol. The van der Waals surface area contributed by atoms with Crippen molar-refractivity contribution in [3.63, 3.8) is 0 Å². The Kier molecular flexibility index (Phi) is 2.77. The number of anilines is 1. The van der Waals surface area contributed by atoms with E-state index in [0.29, 0.717) is 4.88 Å². The fourth-order valence-corrected chi connectivity index (χ4v) is 3.29. The molecule has 3 nitrogen and oxygen atoms in total. The van der Waals surface area contributed by atoms with E-state index in [4.69, 9.17) is 0 Å². The highest BCUT2D eigenvalue weighted by atomic mass is 32.1. The van der Waals surface area contributed by atoms with Gasteiger partial charge in [0.2, 0.25) is 5.60 Å². The molecule has 96 valence electrons. The summed E-state index contributed by atoms with van der Waals surface area (Å²) in [7, 11) is 0. The SMILES string of the molecule is C=CC1N(c2ccccc2)C(=O)C1(O)c1cccs1. The number of hydrogen-bond donors (Lipinski definition) is 1. The number of hydrogen-bond acceptors (Lipinski definition) is 3. The van der Waals surface area contributed by atoms with Crippen molar-refractivity contribution in [2.24, 2.45) is 0 Å². The highest BCUT2D eigenvalue weighted by molar-refractivity contribution is 7.10. The third-order valence-corrected chi connectivity index (χ3v) is 4.40. The number of para-hydroxylation sites is 1. The van der Waals surface area contributed by atoms with Gasteiger partial charge in [-0.2, -0.15) is 0 Å². The Morgan fingerprint density at radius 2 is 2.00 bits per heavy atom. The standard InChI is InChI=1S/C15H13NO2S/c1-2-12-15(18,13-9-6-10-19-13)14(17)16(12)11-7-4-3-5-8-11/h2-10,12,18H,1H2. The van der Waals surface area contributed by atoms with Gasteiger partial charge in [0.25, 0.3) is 5.91 Å². The molecule has 1 aliphatic heterocycles. The second-order valence-corrected chi connectivity index (χ2v) is 5.38.